The maximum absolute atomic E-state index is 14.3. The topological polar surface area (TPSA) is 20.3 Å². The first kappa shape index (κ1) is 20.1. The number of hydrogen-bond acceptors (Lipinski definition) is 1. The number of carbonyl (C=O) groups excluding carboxylic acids is 1. The lowest BCUT2D eigenvalue weighted by Crippen LogP contribution is -2.41. The minimum atomic E-state index is -2.29. The molecule has 1 unspecified atom stereocenters. The van der Waals surface area contributed by atoms with Crippen molar-refractivity contribution in [3.8, 4) is 0 Å². The van der Waals surface area contributed by atoms with Gasteiger partial charge in [-0.15, -0.1) is 0 Å². The molecule has 3 aromatic carbocycles. The zero-order valence-electron chi connectivity index (χ0n) is 15.9. The molecule has 0 aromatic heterocycles. The SMILES string of the molecule is Cc1ccc(C2c3ccccc3CCN2C(=O)c2c(F)c(F)c(F)c(F)c2F)cc1. The number of amides is 1. The van der Waals surface area contributed by atoms with Crippen molar-refractivity contribution in [1.82, 2.24) is 4.90 Å². The van der Waals surface area contributed by atoms with Gasteiger partial charge < -0.3 is 4.90 Å². The van der Waals surface area contributed by atoms with Crippen LogP contribution in [0.3, 0.4) is 0 Å². The van der Waals surface area contributed by atoms with Crippen molar-refractivity contribution in [2.75, 3.05) is 6.54 Å². The molecule has 1 aliphatic heterocycles. The van der Waals surface area contributed by atoms with Crippen LogP contribution in [0.15, 0.2) is 48.5 Å². The third-order valence-electron chi connectivity index (χ3n) is 5.36. The highest BCUT2D eigenvalue weighted by molar-refractivity contribution is 5.95. The molecule has 154 valence electrons. The second kappa shape index (κ2) is 7.55. The molecule has 0 N–H and O–H groups in total. The number of fused-ring (bicyclic) bond motifs is 1. The normalized spacial score (nSPS) is 15.8. The van der Waals surface area contributed by atoms with Gasteiger partial charge in [-0.25, -0.2) is 22.0 Å². The zero-order valence-corrected chi connectivity index (χ0v) is 15.9. The van der Waals surface area contributed by atoms with Crippen molar-refractivity contribution < 1.29 is 26.7 Å². The minimum Gasteiger partial charge on any atom is -0.327 e. The summed E-state index contributed by atoms with van der Waals surface area (Å²) in [4.78, 5) is 14.3. The van der Waals surface area contributed by atoms with Crippen LogP contribution in [0.4, 0.5) is 22.0 Å². The fourth-order valence-electron chi connectivity index (χ4n) is 3.83. The Balaban J connectivity index is 1.87. The molecule has 0 radical (unpaired) electrons. The van der Waals surface area contributed by atoms with E-state index in [1.165, 1.54) is 0 Å². The average molecular weight is 417 g/mol. The molecule has 7 heteroatoms. The Kier molecular flexibility index (Phi) is 5.05. The standard InChI is InChI=1S/C23H16F5NO/c1-12-6-8-14(9-7-12)22-15-5-3-2-4-13(15)10-11-29(22)23(30)16-17(24)19(26)21(28)20(27)18(16)25/h2-9,22H,10-11H2,1H3. The zero-order chi connectivity index (χ0) is 21.6. The van der Waals surface area contributed by atoms with Crippen molar-refractivity contribution in [2.24, 2.45) is 0 Å². The van der Waals surface area contributed by atoms with Gasteiger partial charge in [-0.05, 0) is 30.0 Å². The van der Waals surface area contributed by atoms with Crippen LogP contribution in [0.1, 0.15) is 38.7 Å². The Morgan fingerprint density at radius 3 is 2.03 bits per heavy atom. The van der Waals surface area contributed by atoms with Gasteiger partial charge in [0.05, 0.1) is 6.04 Å². The Bertz CT molecular complexity index is 1110. The predicted octanol–water partition coefficient (Wildman–Crippen LogP) is 5.48. The van der Waals surface area contributed by atoms with E-state index < -0.39 is 46.6 Å². The highest BCUT2D eigenvalue weighted by Crippen LogP contribution is 2.37. The number of rotatable bonds is 2. The molecular weight excluding hydrogens is 401 g/mol. The Morgan fingerprint density at radius 2 is 1.40 bits per heavy atom. The Hall–Kier alpha value is -3.22. The molecule has 1 aliphatic rings. The molecule has 30 heavy (non-hydrogen) atoms. The van der Waals surface area contributed by atoms with E-state index in [-0.39, 0.29) is 6.54 Å². The maximum atomic E-state index is 14.3. The summed E-state index contributed by atoms with van der Waals surface area (Å²) in [5.74, 6) is -12.1. The van der Waals surface area contributed by atoms with E-state index in [0.717, 1.165) is 21.6 Å². The molecule has 4 rings (SSSR count). The molecule has 1 heterocycles. The van der Waals surface area contributed by atoms with Crippen LogP contribution in [0.5, 0.6) is 0 Å². The fourth-order valence-corrected chi connectivity index (χ4v) is 3.83. The first-order valence-corrected chi connectivity index (χ1v) is 9.28. The van der Waals surface area contributed by atoms with E-state index in [9.17, 15) is 26.7 Å². The summed E-state index contributed by atoms with van der Waals surface area (Å²) in [5, 5.41) is 0. The van der Waals surface area contributed by atoms with Crippen molar-refractivity contribution in [3.63, 3.8) is 0 Å². The third-order valence-corrected chi connectivity index (χ3v) is 5.36. The van der Waals surface area contributed by atoms with Crippen molar-refractivity contribution in [1.29, 1.82) is 0 Å². The third kappa shape index (κ3) is 3.14. The van der Waals surface area contributed by atoms with Gasteiger partial charge in [0.1, 0.15) is 5.56 Å². The van der Waals surface area contributed by atoms with Crippen LogP contribution in [-0.4, -0.2) is 17.4 Å². The quantitative estimate of drug-likeness (QED) is 0.307. The summed E-state index contributed by atoms with van der Waals surface area (Å²) in [6.07, 6.45) is 0.389. The molecule has 0 saturated carbocycles. The van der Waals surface area contributed by atoms with E-state index >= 15 is 0 Å². The first-order valence-electron chi connectivity index (χ1n) is 9.28. The van der Waals surface area contributed by atoms with Crippen molar-refractivity contribution in [3.05, 3.63) is 105 Å². The van der Waals surface area contributed by atoms with Gasteiger partial charge >= 0.3 is 0 Å². The molecule has 0 saturated heterocycles. The average Bonchev–Trinajstić information content (AvgIpc) is 2.76. The van der Waals surface area contributed by atoms with Crippen LogP contribution in [0.2, 0.25) is 0 Å². The van der Waals surface area contributed by atoms with Crippen LogP contribution in [0, 0.1) is 36.0 Å². The van der Waals surface area contributed by atoms with Gasteiger partial charge in [-0.2, -0.15) is 0 Å². The lowest BCUT2D eigenvalue weighted by molar-refractivity contribution is 0.0681. The molecule has 3 aromatic rings. The second-order valence-corrected chi connectivity index (χ2v) is 7.21. The number of benzene rings is 3. The Labute approximate surface area is 169 Å². The number of carbonyl (C=O) groups is 1. The molecule has 0 aliphatic carbocycles. The second-order valence-electron chi connectivity index (χ2n) is 7.21. The molecule has 0 fully saturated rings. The summed E-state index contributed by atoms with van der Waals surface area (Å²) < 4.78 is 69.5. The van der Waals surface area contributed by atoms with E-state index in [4.69, 9.17) is 0 Å². The smallest absolute Gasteiger partial charge is 0.260 e. The first-order chi connectivity index (χ1) is 14.3. The Morgan fingerprint density at radius 1 is 0.833 bits per heavy atom. The number of aryl methyl sites for hydroxylation is 1. The summed E-state index contributed by atoms with van der Waals surface area (Å²) in [6.45, 7) is 1.95. The van der Waals surface area contributed by atoms with Crippen molar-refractivity contribution in [2.45, 2.75) is 19.4 Å². The lowest BCUT2D eigenvalue weighted by Gasteiger charge is -2.38. The van der Waals surface area contributed by atoms with Crippen LogP contribution < -0.4 is 0 Å². The van der Waals surface area contributed by atoms with Gasteiger partial charge in [0.15, 0.2) is 23.3 Å². The number of nitrogens with zero attached hydrogens (tertiary/aromatic N) is 1. The van der Waals surface area contributed by atoms with Crippen molar-refractivity contribution >= 4 is 5.91 Å². The van der Waals surface area contributed by atoms with E-state index in [1.807, 2.05) is 31.2 Å². The summed E-state index contributed by atoms with van der Waals surface area (Å²) >= 11 is 0. The van der Waals surface area contributed by atoms with Gasteiger partial charge in [0.2, 0.25) is 5.82 Å². The van der Waals surface area contributed by atoms with Crippen LogP contribution >= 0.6 is 0 Å². The summed E-state index contributed by atoms with van der Waals surface area (Å²) in [5.41, 5.74) is 1.89. The molecule has 0 bridgehead atoms. The number of halogens is 5. The molecule has 2 nitrogen and oxygen atoms in total. The lowest BCUT2D eigenvalue weighted by atomic mass is 9.87. The summed E-state index contributed by atoms with van der Waals surface area (Å²) in [7, 11) is 0. The summed E-state index contributed by atoms with van der Waals surface area (Å²) in [6, 6.07) is 13.8. The monoisotopic (exact) mass is 417 g/mol. The highest BCUT2D eigenvalue weighted by Gasteiger charge is 2.37. The predicted molar refractivity (Wildman–Crippen MR) is 100 cm³/mol. The molecular formula is C23H16F5NO. The van der Waals surface area contributed by atoms with E-state index in [2.05, 4.69) is 0 Å². The van der Waals surface area contributed by atoms with E-state index in [1.54, 1.807) is 24.3 Å². The maximum Gasteiger partial charge on any atom is 0.260 e. The van der Waals surface area contributed by atoms with Gasteiger partial charge in [-0.3, -0.25) is 4.79 Å². The minimum absolute atomic E-state index is 0.0634. The van der Waals surface area contributed by atoms with Gasteiger partial charge in [-0.1, -0.05) is 54.1 Å². The fraction of sp³-hybridized carbons (Fsp3) is 0.174. The largest absolute Gasteiger partial charge is 0.327 e. The molecule has 1 atom stereocenters. The van der Waals surface area contributed by atoms with Gasteiger partial charge in [0.25, 0.3) is 5.91 Å². The van der Waals surface area contributed by atoms with Gasteiger partial charge in [0, 0.05) is 6.54 Å². The number of hydrogen-bond donors (Lipinski definition) is 0. The van der Waals surface area contributed by atoms with E-state index in [0.29, 0.717) is 12.0 Å². The molecule has 1 amide bonds. The van der Waals surface area contributed by atoms with Crippen LogP contribution in [0.25, 0.3) is 0 Å². The highest BCUT2D eigenvalue weighted by atomic mass is 19.2. The molecule has 0 spiro atoms. The van der Waals surface area contributed by atoms with Crippen LogP contribution in [-0.2, 0) is 6.42 Å².